The Bertz CT molecular complexity index is 413. The third kappa shape index (κ3) is 3.86. The Hall–Kier alpha value is -0.740. The number of fused-ring (bicyclic) bond motifs is 1. The molecule has 0 fully saturated rings. The van der Waals surface area contributed by atoms with Crippen LogP contribution in [0.15, 0.2) is 18.2 Å². The van der Waals surface area contributed by atoms with Gasteiger partial charge in [0, 0.05) is 24.1 Å². The van der Waals surface area contributed by atoms with Gasteiger partial charge < -0.3 is 10.1 Å². The van der Waals surface area contributed by atoms with E-state index in [9.17, 15) is 4.39 Å². The van der Waals surface area contributed by atoms with Crippen LogP contribution < -0.4 is 10.1 Å². The molecule has 1 aromatic rings. The van der Waals surface area contributed by atoms with Crippen LogP contribution in [-0.4, -0.2) is 24.2 Å². The van der Waals surface area contributed by atoms with E-state index in [1.807, 2.05) is 17.8 Å². The second-order valence-corrected chi connectivity index (χ2v) is 6.15. The van der Waals surface area contributed by atoms with Crippen molar-refractivity contribution in [2.45, 2.75) is 38.8 Å². The fourth-order valence-electron chi connectivity index (χ4n) is 2.49. The van der Waals surface area contributed by atoms with Crippen LogP contribution in [0.3, 0.4) is 0 Å². The molecule has 2 nitrogen and oxygen atoms in total. The maximum atomic E-state index is 13.3. The molecule has 0 spiro atoms. The van der Waals surface area contributed by atoms with E-state index < -0.39 is 0 Å². The number of hydrogen-bond acceptors (Lipinski definition) is 3. The third-order valence-electron chi connectivity index (χ3n) is 3.38. The van der Waals surface area contributed by atoms with Crippen LogP contribution in [-0.2, 0) is 0 Å². The molecule has 2 rings (SSSR count). The smallest absolute Gasteiger partial charge is 0.127 e. The summed E-state index contributed by atoms with van der Waals surface area (Å²) in [5, 5.41) is 3.47. The van der Waals surface area contributed by atoms with Gasteiger partial charge in [-0.3, -0.25) is 0 Å². The zero-order valence-corrected chi connectivity index (χ0v) is 12.4. The Kier molecular flexibility index (Phi) is 5.52. The highest BCUT2D eigenvalue weighted by molar-refractivity contribution is 7.99. The van der Waals surface area contributed by atoms with Gasteiger partial charge in [0.15, 0.2) is 0 Å². The molecule has 0 amide bonds. The molecule has 1 aliphatic rings. The molecule has 1 aromatic carbocycles. The molecule has 19 heavy (non-hydrogen) atoms. The lowest BCUT2D eigenvalue weighted by Gasteiger charge is -2.32. The van der Waals surface area contributed by atoms with Gasteiger partial charge in [-0.25, -0.2) is 4.39 Å². The number of nitrogens with one attached hydrogen (secondary N) is 1. The Morgan fingerprint density at radius 3 is 3.00 bits per heavy atom. The van der Waals surface area contributed by atoms with Gasteiger partial charge in [0.1, 0.15) is 17.7 Å². The maximum absolute atomic E-state index is 13.3. The third-order valence-corrected chi connectivity index (χ3v) is 4.31. The molecule has 1 aliphatic heterocycles. The van der Waals surface area contributed by atoms with Crippen LogP contribution in [0.5, 0.6) is 5.75 Å². The van der Waals surface area contributed by atoms with Gasteiger partial charge in [0.25, 0.3) is 0 Å². The van der Waals surface area contributed by atoms with Gasteiger partial charge in [-0.05, 0) is 30.5 Å². The average molecular weight is 283 g/mol. The van der Waals surface area contributed by atoms with Crippen LogP contribution in [0.2, 0.25) is 0 Å². The molecule has 0 bridgehead atoms. The number of halogens is 1. The predicted molar refractivity (Wildman–Crippen MR) is 79.5 cm³/mol. The van der Waals surface area contributed by atoms with Gasteiger partial charge in [0.2, 0.25) is 0 Å². The van der Waals surface area contributed by atoms with Crippen LogP contribution in [0.25, 0.3) is 0 Å². The van der Waals surface area contributed by atoms with Crippen LogP contribution >= 0.6 is 11.8 Å². The first-order valence-corrected chi connectivity index (χ1v) is 8.17. The van der Waals surface area contributed by atoms with Crippen molar-refractivity contribution >= 4 is 11.8 Å². The molecule has 1 N–H and O–H groups in total. The highest BCUT2D eigenvalue weighted by Crippen LogP contribution is 2.36. The van der Waals surface area contributed by atoms with Crippen molar-refractivity contribution in [2.75, 3.05) is 18.1 Å². The van der Waals surface area contributed by atoms with E-state index in [-0.39, 0.29) is 18.0 Å². The minimum atomic E-state index is -0.224. The highest BCUT2D eigenvalue weighted by Gasteiger charge is 2.27. The monoisotopic (exact) mass is 283 g/mol. The molecule has 4 heteroatoms. The topological polar surface area (TPSA) is 21.3 Å². The number of hydrogen-bond donors (Lipinski definition) is 1. The van der Waals surface area contributed by atoms with Crippen molar-refractivity contribution < 1.29 is 9.13 Å². The van der Waals surface area contributed by atoms with E-state index in [0.717, 1.165) is 36.5 Å². The van der Waals surface area contributed by atoms with Crippen molar-refractivity contribution in [1.82, 2.24) is 5.32 Å². The molecule has 0 saturated heterocycles. The van der Waals surface area contributed by atoms with E-state index in [4.69, 9.17) is 4.74 Å². The summed E-state index contributed by atoms with van der Waals surface area (Å²) in [5.74, 6) is 2.72. The fourth-order valence-corrected chi connectivity index (χ4v) is 3.21. The van der Waals surface area contributed by atoms with E-state index in [2.05, 4.69) is 19.2 Å². The second-order valence-electron chi connectivity index (χ2n) is 4.75. The molecule has 0 radical (unpaired) electrons. The standard InChI is InChI=1S/C15H22FNOS/c1-3-17-14-10-12(7-8-19-4-2)18-15-9-11(16)5-6-13(14)15/h5-6,9,12,14,17H,3-4,7-8,10H2,1-2H3. The summed E-state index contributed by atoms with van der Waals surface area (Å²) in [5.41, 5.74) is 1.09. The molecular weight excluding hydrogens is 261 g/mol. The molecule has 0 aliphatic carbocycles. The van der Waals surface area contributed by atoms with Crippen molar-refractivity contribution in [1.29, 1.82) is 0 Å². The number of ether oxygens (including phenoxy) is 1. The van der Waals surface area contributed by atoms with Crippen molar-refractivity contribution in [3.8, 4) is 5.75 Å². The van der Waals surface area contributed by atoms with Gasteiger partial charge >= 0.3 is 0 Å². The Morgan fingerprint density at radius 1 is 1.42 bits per heavy atom. The molecule has 2 atom stereocenters. The molecular formula is C15H22FNOS. The summed E-state index contributed by atoms with van der Waals surface area (Å²) in [6.45, 7) is 5.18. The van der Waals surface area contributed by atoms with Crippen molar-refractivity contribution in [3.63, 3.8) is 0 Å². The summed E-state index contributed by atoms with van der Waals surface area (Å²) in [6, 6.07) is 5.15. The Labute approximate surface area is 119 Å². The van der Waals surface area contributed by atoms with Crippen LogP contribution in [0, 0.1) is 5.82 Å². The molecule has 2 unspecified atom stereocenters. The number of benzene rings is 1. The van der Waals surface area contributed by atoms with Gasteiger partial charge in [-0.2, -0.15) is 11.8 Å². The first kappa shape index (κ1) is 14.7. The minimum absolute atomic E-state index is 0.192. The largest absolute Gasteiger partial charge is 0.490 e. The molecule has 106 valence electrons. The zero-order chi connectivity index (χ0) is 13.7. The van der Waals surface area contributed by atoms with Crippen molar-refractivity contribution in [2.24, 2.45) is 0 Å². The summed E-state index contributed by atoms with van der Waals surface area (Å²) in [4.78, 5) is 0. The first-order valence-electron chi connectivity index (χ1n) is 7.01. The lowest BCUT2D eigenvalue weighted by Crippen LogP contribution is -2.33. The predicted octanol–water partition coefficient (Wildman–Crippen LogP) is 3.77. The fraction of sp³-hybridized carbons (Fsp3) is 0.600. The first-order chi connectivity index (χ1) is 9.24. The van der Waals surface area contributed by atoms with E-state index in [1.54, 1.807) is 0 Å². The van der Waals surface area contributed by atoms with Crippen LogP contribution in [0.1, 0.15) is 38.3 Å². The van der Waals surface area contributed by atoms with E-state index in [1.165, 1.54) is 12.1 Å². The van der Waals surface area contributed by atoms with Crippen LogP contribution in [0.4, 0.5) is 4.39 Å². The SMILES string of the molecule is CCNC1CC(CCSCC)Oc2cc(F)ccc21. The maximum Gasteiger partial charge on any atom is 0.127 e. The summed E-state index contributed by atoms with van der Waals surface area (Å²) < 4.78 is 19.3. The number of rotatable bonds is 6. The summed E-state index contributed by atoms with van der Waals surface area (Å²) >= 11 is 1.93. The molecule has 0 aromatic heterocycles. The molecule has 1 heterocycles. The summed E-state index contributed by atoms with van der Waals surface area (Å²) in [6.07, 6.45) is 2.19. The van der Waals surface area contributed by atoms with Gasteiger partial charge in [0.05, 0.1) is 0 Å². The van der Waals surface area contributed by atoms with Gasteiger partial charge in [-0.15, -0.1) is 0 Å². The van der Waals surface area contributed by atoms with E-state index >= 15 is 0 Å². The van der Waals surface area contributed by atoms with Gasteiger partial charge in [-0.1, -0.05) is 19.9 Å². The molecule has 0 saturated carbocycles. The lowest BCUT2D eigenvalue weighted by atomic mass is 9.95. The number of thioether (sulfide) groups is 1. The van der Waals surface area contributed by atoms with E-state index in [0.29, 0.717) is 5.75 Å². The zero-order valence-electron chi connectivity index (χ0n) is 11.6. The lowest BCUT2D eigenvalue weighted by molar-refractivity contribution is 0.147. The average Bonchev–Trinajstić information content (AvgIpc) is 2.39. The minimum Gasteiger partial charge on any atom is -0.490 e. The summed E-state index contributed by atoms with van der Waals surface area (Å²) in [7, 11) is 0. The second kappa shape index (κ2) is 7.15. The quantitative estimate of drug-likeness (QED) is 0.803. The Balaban J connectivity index is 2.09. The Morgan fingerprint density at radius 2 is 2.26 bits per heavy atom. The van der Waals surface area contributed by atoms with Crippen molar-refractivity contribution in [3.05, 3.63) is 29.6 Å². The highest BCUT2D eigenvalue weighted by atomic mass is 32.2. The normalized spacial score (nSPS) is 21.8.